The number of halogens is 1. The van der Waals surface area contributed by atoms with E-state index in [-0.39, 0.29) is 5.56 Å². The SMILES string of the molecule is O=C(O)c1cc(Br)cc(NCCc2cscn2)c1. The molecule has 0 radical (unpaired) electrons. The van der Waals surface area contributed by atoms with Crippen molar-refractivity contribution < 1.29 is 9.90 Å². The van der Waals surface area contributed by atoms with Crippen molar-refractivity contribution in [2.75, 3.05) is 11.9 Å². The molecule has 0 aliphatic heterocycles. The first-order valence-corrected chi connectivity index (χ1v) is 7.03. The van der Waals surface area contributed by atoms with Gasteiger partial charge in [-0.2, -0.15) is 0 Å². The highest BCUT2D eigenvalue weighted by atomic mass is 79.9. The molecule has 1 aromatic carbocycles. The number of nitrogens with zero attached hydrogens (tertiary/aromatic N) is 1. The van der Waals surface area contributed by atoms with Crippen LogP contribution < -0.4 is 5.32 Å². The van der Waals surface area contributed by atoms with E-state index in [0.29, 0.717) is 0 Å². The molecule has 2 rings (SSSR count). The molecule has 0 amide bonds. The van der Waals surface area contributed by atoms with Gasteiger partial charge in [0, 0.05) is 28.5 Å². The monoisotopic (exact) mass is 326 g/mol. The van der Waals surface area contributed by atoms with Crippen molar-refractivity contribution in [2.24, 2.45) is 0 Å². The Morgan fingerprint density at radius 2 is 2.28 bits per heavy atom. The normalized spacial score (nSPS) is 10.3. The highest BCUT2D eigenvalue weighted by molar-refractivity contribution is 9.10. The van der Waals surface area contributed by atoms with Gasteiger partial charge in [-0.3, -0.25) is 0 Å². The third-order valence-corrected chi connectivity index (χ3v) is 3.43. The highest BCUT2D eigenvalue weighted by Crippen LogP contribution is 2.19. The van der Waals surface area contributed by atoms with Gasteiger partial charge in [0.05, 0.1) is 16.8 Å². The zero-order valence-electron chi connectivity index (χ0n) is 9.39. The molecule has 0 aliphatic carbocycles. The second-order valence-electron chi connectivity index (χ2n) is 3.69. The number of carboxylic acids is 1. The van der Waals surface area contributed by atoms with Crippen molar-refractivity contribution >= 4 is 38.9 Å². The number of aromatic nitrogens is 1. The number of carboxylic acid groups (broad SMARTS) is 1. The Morgan fingerprint density at radius 3 is 2.94 bits per heavy atom. The van der Waals surface area contributed by atoms with E-state index in [0.717, 1.165) is 28.8 Å². The molecule has 0 spiro atoms. The van der Waals surface area contributed by atoms with Gasteiger partial charge in [0.15, 0.2) is 0 Å². The number of carbonyl (C=O) groups is 1. The molecule has 6 heteroatoms. The molecule has 2 N–H and O–H groups in total. The fourth-order valence-corrected chi connectivity index (χ4v) is 2.60. The van der Waals surface area contributed by atoms with Crippen LogP contribution in [0.15, 0.2) is 33.6 Å². The zero-order valence-corrected chi connectivity index (χ0v) is 11.8. The highest BCUT2D eigenvalue weighted by Gasteiger charge is 2.05. The summed E-state index contributed by atoms with van der Waals surface area (Å²) in [5.74, 6) is -0.932. The predicted molar refractivity (Wildman–Crippen MR) is 75.4 cm³/mol. The van der Waals surface area contributed by atoms with Crippen LogP contribution in [0.4, 0.5) is 5.69 Å². The number of rotatable bonds is 5. The standard InChI is InChI=1S/C12H11BrN2O2S/c13-9-3-8(12(16)17)4-11(5-9)14-2-1-10-6-18-7-15-10/h3-7,14H,1-2H2,(H,16,17). The molecule has 0 fully saturated rings. The van der Waals surface area contributed by atoms with E-state index in [1.54, 1.807) is 29.0 Å². The molecule has 0 saturated heterocycles. The Labute approximate surface area is 117 Å². The summed E-state index contributed by atoms with van der Waals surface area (Å²) in [7, 11) is 0. The molecule has 0 atom stereocenters. The number of benzene rings is 1. The zero-order chi connectivity index (χ0) is 13.0. The van der Waals surface area contributed by atoms with Crippen LogP contribution in [0.25, 0.3) is 0 Å². The van der Waals surface area contributed by atoms with Crippen molar-refractivity contribution in [1.29, 1.82) is 0 Å². The lowest BCUT2D eigenvalue weighted by Crippen LogP contribution is -2.06. The summed E-state index contributed by atoms with van der Waals surface area (Å²) in [6.07, 6.45) is 0.818. The van der Waals surface area contributed by atoms with Gasteiger partial charge >= 0.3 is 5.97 Å². The fourth-order valence-electron chi connectivity index (χ4n) is 1.51. The lowest BCUT2D eigenvalue weighted by molar-refractivity contribution is 0.0697. The van der Waals surface area contributed by atoms with E-state index < -0.39 is 5.97 Å². The molecular weight excluding hydrogens is 316 g/mol. The lowest BCUT2D eigenvalue weighted by Gasteiger charge is -2.07. The summed E-state index contributed by atoms with van der Waals surface area (Å²) in [5.41, 5.74) is 3.90. The molecule has 94 valence electrons. The van der Waals surface area contributed by atoms with Crippen LogP contribution in [-0.2, 0) is 6.42 Å². The smallest absolute Gasteiger partial charge is 0.335 e. The minimum atomic E-state index is -0.932. The van der Waals surface area contributed by atoms with Gasteiger partial charge in [0.25, 0.3) is 0 Å². The molecule has 2 aromatic rings. The topological polar surface area (TPSA) is 62.2 Å². The number of hydrogen-bond acceptors (Lipinski definition) is 4. The molecule has 0 unspecified atom stereocenters. The van der Waals surface area contributed by atoms with Crippen molar-refractivity contribution in [1.82, 2.24) is 4.98 Å². The summed E-state index contributed by atoms with van der Waals surface area (Å²) >= 11 is 4.87. The van der Waals surface area contributed by atoms with Crippen LogP contribution in [0.5, 0.6) is 0 Å². The van der Waals surface area contributed by atoms with Crippen LogP contribution in [0, 0.1) is 0 Å². The van der Waals surface area contributed by atoms with Gasteiger partial charge < -0.3 is 10.4 Å². The number of hydrogen-bond donors (Lipinski definition) is 2. The summed E-state index contributed by atoms with van der Waals surface area (Å²) < 4.78 is 0.749. The number of aromatic carboxylic acids is 1. The largest absolute Gasteiger partial charge is 0.478 e. The molecule has 4 nitrogen and oxygen atoms in total. The summed E-state index contributed by atoms with van der Waals surface area (Å²) in [6, 6.07) is 5.05. The average molecular weight is 327 g/mol. The van der Waals surface area contributed by atoms with E-state index in [1.165, 1.54) is 0 Å². The first-order valence-electron chi connectivity index (χ1n) is 5.30. The first-order chi connectivity index (χ1) is 8.65. The van der Waals surface area contributed by atoms with Gasteiger partial charge in [-0.05, 0) is 18.2 Å². The Bertz CT molecular complexity index is 543. The van der Waals surface area contributed by atoms with Crippen molar-refractivity contribution in [3.63, 3.8) is 0 Å². The van der Waals surface area contributed by atoms with E-state index in [4.69, 9.17) is 5.11 Å². The van der Waals surface area contributed by atoms with E-state index in [1.807, 2.05) is 11.4 Å². The Morgan fingerprint density at radius 1 is 1.44 bits per heavy atom. The summed E-state index contributed by atoms with van der Waals surface area (Å²) in [6.45, 7) is 0.721. The maximum Gasteiger partial charge on any atom is 0.335 e. The van der Waals surface area contributed by atoms with Crippen LogP contribution in [0.1, 0.15) is 16.1 Å². The van der Waals surface area contributed by atoms with E-state index in [2.05, 4.69) is 26.2 Å². The third-order valence-electron chi connectivity index (χ3n) is 2.34. The molecule has 1 aromatic heterocycles. The molecule has 0 aliphatic rings. The second kappa shape index (κ2) is 5.97. The summed E-state index contributed by atoms with van der Waals surface area (Å²) in [4.78, 5) is 15.1. The van der Waals surface area contributed by atoms with E-state index in [9.17, 15) is 4.79 Å². The molecule has 1 heterocycles. The van der Waals surface area contributed by atoms with Gasteiger partial charge in [-0.1, -0.05) is 15.9 Å². The molecule has 0 bridgehead atoms. The quantitative estimate of drug-likeness (QED) is 0.885. The lowest BCUT2D eigenvalue weighted by atomic mass is 10.2. The van der Waals surface area contributed by atoms with E-state index >= 15 is 0 Å². The van der Waals surface area contributed by atoms with Crippen LogP contribution in [-0.4, -0.2) is 22.6 Å². The van der Waals surface area contributed by atoms with Gasteiger partial charge in [0.2, 0.25) is 0 Å². The predicted octanol–water partition coefficient (Wildman–Crippen LogP) is 3.26. The Balaban J connectivity index is 1.98. The van der Waals surface area contributed by atoms with Crippen molar-refractivity contribution in [2.45, 2.75) is 6.42 Å². The number of nitrogens with one attached hydrogen (secondary N) is 1. The molecular formula is C12H11BrN2O2S. The van der Waals surface area contributed by atoms with Crippen LogP contribution >= 0.6 is 27.3 Å². The Kier molecular flexibility index (Phi) is 4.33. The number of thiazole rings is 1. The van der Waals surface area contributed by atoms with Crippen molar-refractivity contribution in [3.8, 4) is 0 Å². The second-order valence-corrected chi connectivity index (χ2v) is 5.32. The van der Waals surface area contributed by atoms with Crippen LogP contribution in [0.3, 0.4) is 0 Å². The minimum Gasteiger partial charge on any atom is -0.478 e. The number of anilines is 1. The third kappa shape index (κ3) is 3.54. The maximum atomic E-state index is 10.9. The molecule has 18 heavy (non-hydrogen) atoms. The fraction of sp³-hybridized carbons (Fsp3) is 0.167. The minimum absolute atomic E-state index is 0.264. The summed E-state index contributed by atoms with van der Waals surface area (Å²) in [5, 5.41) is 14.1. The Hall–Kier alpha value is -1.40. The van der Waals surface area contributed by atoms with Gasteiger partial charge in [0.1, 0.15) is 0 Å². The molecule has 0 saturated carbocycles. The van der Waals surface area contributed by atoms with Gasteiger partial charge in [-0.25, -0.2) is 9.78 Å². The first kappa shape index (κ1) is 13.0. The average Bonchev–Trinajstić information content (AvgIpc) is 2.81. The van der Waals surface area contributed by atoms with Crippen LogP contribution in [0.2, 0.25) is 0 Å². The maximum absolute atomic E-state index is 10.9. The van der Waals surface area contributed by atoms with Crippen molar-refractivity contribution in [3.05, 3.63) is 44.8 Å². The van der Waals surface area contributed by atoms with Gasteiger partial charge in [-0.15, -0.1) is 11.3 Å².